The molecular weight excluding hydrogens is 366 g/mol. The summed E-state index contributed by atoms with van der Waals surface area (Å²) >= 11 is 1.43. The summed E-state index contributed by atoms with van der Waals surface area (Å²) in [5, 5.41) is 15.4. The van der Waals surface area contributed by atoms with E-state index < -0.39 is 5.54 Å². The second kappa shape index (κ2) is 7.53. The second-order valence-corrected chi connectivity index (χ2v) is 8.76. The quantitative estimate of drug-likeness (QED) is 0.751. The van der Waals surface area contributed by atoms with Gasteiger partial charge in [0.1, 0.15) is 10.5 Å². The molecule has 146 valence electrons. The SMILES string of the molecule is O=C(CCN1C(=O)NC2(CCCC2)C1=O)Nc1nnc(C2CCCCC2)s1. The number of rotatable bonds is 5. The van der Waals surface area contributed by atoms with Gasteiger partial charge < -0.3 is 10.6 Å². The second-order valence-electron chi connectivity index (χ2n) is 7.75. The molecule has 1 saturated heterocycles. The highest BCUT2D eigenvalue weighted by molar-refractivity contribution is 7.15. The Labute approximate surface area is 162 Å². The van der Waals surface area contributed by atoms with Crippen molar-refractivity contribution in [1.29, 1.82) is 0 Å². The van der Waals surface area contributed by atoms with E-state index in [4.69, 9.17) is 0 Å². The average Bonchev–Trinajstić information content (AvgIpc) is 3.37. The highest BCUT2D eigenvalue weighted by Crippen LogP contribution is 2.36. The van der Waals surface area contributed by atoms with Gasteiger partial charge in [-0.15, -0.1) is 10.2 Å². The standard InChI is InChI=1S/C18H25N5O3S/c24-13(19-16-22-21-14(27-16)12-6-2-1-3-7-12)8-11-23-15(25)18(20-17(23)26)9-4-5-10-18/h12H,1-11H2,(H,20,26)(H,19,22,24). The average molecular weight is 391 g/mol. The Balaban J connectivity index is 1.29. The molecule has 3 fully saturated rings. The Morgan fingerprint density at radius 1 is 1.15 bits per heavy atom. The molecule has 9 heteroatoms. The molecule has 27 heavy (non-hydrogen) atoms. The number of hydrogen-bond acceptors (Lipinski definition) is 6. The first-order valence-electron chi connectivity index (χ1n) is 9.85. The predicted molar refractivity (Wildman–Crippen MR) is 100 cm³/mol. The molecule has 8 nitrogen and oxygen atoms in total. The number of nitrogens with one attached hydrogen (secondary N) is 2. The number of imide groups is 1. The molecule has 2 saturated carbocycles. The van der Waals surface area contributed by atoms with Crippen LogP contribution in [0.1, 0.15) is 75.1 Å². The largest absolute Gasteiger partial charge is 0.325 e. The van der Waals surface area contributed by atoms with Crippen LogP contribution in [0.15, 0.2) is 0 Å². The number of nitrogens with zero attached hydrogens (tertiary/aromatic N) is 3. The van der Waals surface area contributed by atoms with Crippen LogP contribution in [0.5, 0.6) is 0 Å². The van der Waals surface area contributed by atoms with Crippen molar-refractivity contribution in [2.45, 2.75) is 75.7 Å². The van der Waals surface area contributed by atoms with Crippen molar-refractivity contribution in [3.63, 3.8) is 0 Å². The van der Waals surface area contributed by atoms with E-state index in [2.05, 4.69) is 20.8 Å². The van der Waals surface area contributed by atoms with Gasteiger partial charge in [-0.1, -0.05) is 43.4 Å². The molecule has 1 spiro atoms. The summed E-state index contributed by atoms with van der Waals surface area (Å²) in [7, 11) is 0. The number of urea groups is 1. The van der Waals surface area contributed by atoms with Gasteiger partial charge in [-0.25, -0.2) is 4.79 Å². The van der Waals surface area contributed by atoms with Gasteiger partial charge in [-0.3, -0.25) is 14.5 Å². The minimum atomic E-state index is -0.721. The van der Waals surface area contributed by atoms with E-state index >= 15 is 0 Å². The zero-order valence-corrected chi connectivity index (χ0v) is 16.1. The van der Waals surface area contributed by atoms with E-state index in [1.165, 1.54) is 35.5 Å². The monoisotopic (exact) mass is 391 g/mol. The van der Waals surface area contributed by atoms with E-state index in [1.54, 1.807) is 0 Å². The van der Waals surface area contributed by atoms with Crippen LogP contribution in [0.2, 0.25) is 0 Å². The van der Waals surface area contributed by atoms with Gasteiger partial charge in [0.15, 0.2) is 0 Å². The molecule has 0 aromatic carbocycles. The maximum atomic E-state index is 12.6. The zero-order chi connectivity index (χ0) is 18.9. The van der Waals surface area contributed by atoms with Crippen molar-refractivity contribution in [3.8, 4) is 0 Å². The molecule has 1 aliphatic heterocycles. The molecule has 1 aromatic heterocycles. The minimum absolute atomic E-state index is 0.0631. The highest BCUT2D eigenvalue weighted by atomic mass is 32.1. The fourth-order valence-electron chi connectivity index (χ4n) is 4.39. The Morgan fingerprint density at radius 3 is 2.63 bits per heavy atom. The first-order chi connectivity index (χ1) is 13.1. The van der Waals surface area contributed by atoms with Crippen molar-refractivity contribution in [3.05, 3.63) is 5.01 Å². The van der Waals surface area contributed by atoms with Crippen LogP contribution in [0.3, 0.4) is 0 Å². The molecule has 0 unspecified atom stereocenters. The summed E-state index contributed by atoms with van der Waals surface area (Å²) < 4.78 is 0. The molecular formula is C18H25N5O3S. The Morgan fingerprint density at radius 2 is 1.89 bits per heavy atom. The molecule has 2 heterocycles. The van der Waals surface area contributed by atoms with Crippen LogP contribution in [0, 0.1) is 0 Å². The summed E-state index contributed by atoms with van der Waals surface area (Å²) in [6, 6.07) is -0.384. The van der Waals surface area contributed by atoms with Crippen molar-refractivity contribution in [2.24, 2.45) is 0 Å². The molecule has 4 rings (SSSR count). The predicted octanol–water partition coefficient (Wildman–Crippen LogP) is 2.78. The fraction of sp³-hybridized carbons (Fsp3) is 0.722. The molecule has 1 aromatic rings. The van der Waals surface area contributed by atoms with Crippen LogP contribution < -0.4 is 10.6 Å². The van der Waals surface area contributed by atoms with Crippen LogP contribution in [-0.4, -0.2) is 45.0 Å². The number of aromatic nitrogens is 2. The number of carbonyl (C=O) groups is 3. The lowest BCUT2D eigenvalue weighted by Crippen LogP contribution is -2.44. The van der Waals surface area contributed by atoms with Gasteiger partial charge in [0.25, 0.3) is 5.91 Å². The number of hydrogen-bond donors (Lipinski definition) is 2. The Hall–Kier alpha value is -2.03. The normalized spacial score (nSPS) is 22.4. The maximum absolute atomic E-state index is 12.6. The highest BCUT2D eigenvalue weighted by Gasteiger charge is 2.52. The Kier molecular flexibility index (Phi) is 5.12. The third-order valence-electron chi connectivity index (χ3n) is 5.91. The van der Waals surface area contributed by atoms with Crippen molar-refractivity contribution in [2.75, 3.05) is 11.9 Å². The van der Waals surface area contributed by atoms with E-state index in [-0.39, 0.29) is 30.8 Å². The molecule has 3 aliphatic rings. The van der Waals surface area contributed by atoms with E-state index in [0.717, 1.165) is 30.7 Å². The first kappa shape index (κ1) is 18.3. The van der Waals surface area contributed by atoms with Gasteiger partial charge in [0.2, 0.25) is 11.0 Å². The summed E-state index contributed by atoms with van der Waals surface area (Å²) in [5.41, 5.74) is -0.721. The Bertz CT molecular complexity index is 737. The lowest BCUT2D eigenvalue weighted by molar-refractivity contribution is -0.131. The van der Waals surface area contributed by atoms with E-state index in [9.17, 15) is 14.4 Å². The first-order valence-corrected chi connectivity index (χ1v) is 10.7. The van der Waals surface area contributed by atoms with E-state index in [0.29, 0.717) is 23.9 Å². The molecule has 4 amide bonds. The summed E-state index contributed by atoms with van der Waals surface area (Å²) in [5.74, 6) is 0.0121. The van der Waals surface area contributed by atoms with Crippen LogP contribution in [-0.2, 0) is 9.59 Å². The lowest BCUT2D eigenvalue weighted by atomic mass is 9.90. The van der Waals surface area contributed by atoms with Crippen LogP contribution in [0.4, 0.5) is 9.93 Å². The number of carbonyl (C=O) groups excluding carboxylic acids is 3. The molecule has 0 radical (unpaired) electrons. The van der Waals surface area contributed by atoms with Crippen LogP contribution >= 0.6 is 11.3 Å². The zero-order valence-electron chi connectivity index (χ0n) is 15.3. The van der Waals surface area contributed by atoms with Gasteiger partial charge in [-0.05, 0) is 25.7 Å². The van der Waals surface area contributed by atoms with Gasteiger partial charge in [0, 0.05) is 18.9 Å². The van der Waals surface area contributed by atoms with Crippen molar-refractivity contribution < 1.29 is 14.4 Å². The van der Waals surface area contributed by atoms with Crippen molar-refractivity contribution >= 4 is 34.3 Å². The van der Waals surface area contributed by atoms with Gasteiger partial charge >= 0.3 is 6.03 Å². The lowest BCUT2D eigenvalue weighted by Gasteiger charge is -2.19. The molecule has 2 aliphatic carbocycles. The maximum Gasteiger partial charge on any atom is 0.325 e. The third kappa shape index (κ3) is 3.69. The third-order valence-corrected chi connectivity index (χ3v) is 6.91. The smallest absolute Gasteiger partial charge is 0.323 e. The number of anilines is 1. The fourth-order valence-corrected chi connectivity index (χ4v) is 5.32. The molecule has 2 N–H and O–H groups in total. The minimum Gasteiger partial charge on any atom is -0.323 e. The van der Waals surface area contributed by atoms with Crippen LogP contribution in [0.25, 0.3) is 0 Å². The molecule has 0 atom stereocenters. The van der Waals surface area contributed by atoms with Gasteiger partial charge in [-0.2, -0.15) is 0 Å². The summed E-state index contributed by atoms with van der Waals surface area (Å²) in [4.78, 5) is 38.1. The van der Waals surface area contributed by atoms with Crippen molar-refractivity contribution in [1.82, 2.24) is 20.4 Å². The van der Waals surface area contributed by atoms with Gasteiger partial charge in [0.05, 0.1) is 0 Å². The van der Waals surface area contributed by atoms with E-state index in [1.807, 2.05) is 0 Å². The number of amides is 4. The topological polar surface area (TPSA) is 104 Å². The summed E-state index contributed by atoms with van der Waals surface area (Å²) in [6.45, 7) is 0.0898. The molecule has 0 bridgehead atoms. The summed E-state index contributed by atoms with van der Waals surface area (Å²) in [6.07, 6.45) is 9.33.